The van der Waals surface area contributed by atoms with Crippen molar-refractivity contribution in [2.24, 2.45) is 13.0 Å². The number of nitrogens with zero attached hydrogens (tertiary/aromatic N) is 5. The monoisotopic (exact) mass is 341 g/mol. The molecule has 0 unspecified atom stereocenters. The highest BCUT2D eigenvalue weighted by atomic mass is 16.1. The summed E-state index contributed by atoms with van der Waals surface area (Å²) in [6.45, 7) is 3.07. The number of likely N-dealkylation sites (tertiary alicyclic amines) is 1. The van der Waals surface area contributed by atoms with Crippen LogP contribution in [0, 0.1) is 5.92 Å². The largest absolute Gasteiger partial charge is 0.298 e. The Balaban J connectivity index is 1.38. The molecule has 1 fully saturated rings. The average Bonchev–Trinajstić information content (AvgIpc) is 2.57. The van der Waals surface area contributed by atoms with Crippen molar-refractivity contribution < 1.29 is 0 Å². The molecule has 3 heterocycles. The molecule has 0 aromatic carbocycles. The van der Waals surface area contributed by atoms with Crippen LogP contribution in [-0.4, -0.2) is 37.6 Å². The van der Waals surface area contributed by atoms with E-state index in [9.17, 15) is 9.59 Å². The summed E-state index contributed by atoms with van der Waals surface area (Å²) in [6.07, 6.45) is 5.94. The van der Waals surface area contributed by atoms with Crippen LogP contribution < -0.4 is 11.1 Å². The summed E-state index contributed by atoms with van der Waals surface area (Å²) in [5.41, 5.74) is 2.97. The van der Waals surface area contributed by atoms with Gasteiger partial charge in [-0.1, -0.05) is 0 Å². The van der Waals surface area contributed by atoms with Crippen molar-refractivity contribution in [3.8, 4) is 0 Å². The Kier molecular flexibility index (Phi) is 4.25. The predicted molar refractivity (Wildman–Crippen MR) is 93.4 cm³/mol. The first-order chi connectivity index (χ1) is 12.1. The van der Waals surface area contributed by atoms with Gasteiger partial charge >= 0.3 is 0 Å². The molecule has 1 aliphatic heterocycles. The molecule has 0 spiro atoms. The number of aryl methyl sites for hydroxylation is 3. The van der Waals surface area contributed by atoms with E-state index in [1.807, 2.05) is 0 Å². The zero-order valence-electron chi connectivity index (χ0n) is 14.5. The number of fused-ring (bicyclic) bond motifs is 1. The Morgan fingerprint density at radius 2 is 2.00 bits per heavy atom. The summed E-state index contributed by atoms with van der Waals surface area (Å²) in [5, 5.41) is 8.54. The van der Waals surface area contributed by atoms with Gasteiger partial charge in [-0.25, -0.2) is 9.36 Å². The van der Waals surface area contributed by atoms with Crippen molar-refractivity contribution in [2.75, 3.05) is 13.1 Å². The fraction of sp³-hybridized carbons (Fsp3) is 0.556. The molecule has 4 rings (SSSR count). The van der Waals surface area contributed by atoms with Gasteiger partial charge in [-0.3, -0.25) is 14.5 Å². The molecular weight excluding hydrogens is 318 g/mol. The highest BCUT2D eigenvalue weighted by Crippen LogP contribution is 2.20. The van der Waals surface area contributed by atoms with Crippen LogP contribution in [0.3, 0.4) is 0 Å². The van der Waals surface area contributed by atoms with Crippen LogP contribution in [0.25, 0.3) is 0 Å². The highest BCUT2D eigenvalue weighted by Gasteiger charge is 2.28. The van der Waals surface area contributed by atoms with E-state index in [1.165, 1.54) is 4.68 Å². The third kappa shape index (κ3) is 3.28. The predicted octanol–water partition coefficient (Wildman–Crippen LogP) is 0.348. The number of hydrogen-bond acceptors (Lipinski definition) is 5. The summed E-state index contributed by atoms with van der Waals surface area (Å²) in [5.74, 6) is 0.414. The lowest BCUT2D eigenvalue weighted by molar-refractivity contribution is 0.0758. The maximum atomic E-state index is 12.3. The topological polar surface area (TPSA) is 73.0 Å². The third-order valence-corrected chi connectivity index (χ3v) is 5.22. The first-order valence-corrected chi connectivity index (χ1v) is 8.93. The normalized spacial score (nSPS) is 18.0. The summed E-state index contributed by atoms with van der Waals surface area (Å²) in [6, 6.07) is 3.56. The van der Waals surface area contributed by atoms with Crippen LogP contribution in [0.15, 0.2) is 27.9 Å². The van der Waals surface area contributed by atoms with Gasteiger partial charge in [0.1, 0.15) is 0 Å². The maximum absolute atomic E-state index is 12.3. The molecule has 132 valence electrons. The van der Waals surface area contributed by atoms with Gasteiger partial charge in [0.25, 0.3) is 11.1 Å². The molecule has 1 aliphatic carbocycles. The minimum atomic E-state index is -0.0430. The van der Waals surface area contributed by atoms with Gasteiger partial charge in [0, 0.05) is 50.4 Å². The van der Waals surface area contributed by atoms with Crippen molar-refractivity contribution in [1.29, 1.82) is 0 Å². The zero-order chi connectivity index (χ0) is 17.4. The molecular formula is C18H23N5O2. The average molecular weight is 341 g/mol. The van der Waals surface area contributed by atoms with Crippen LogP contribution in [0.5, 0.6) is 0 Å². The van der Waals surface area contributed by atoms with E-state index < -0.39 is 0 Å². The van der Waals surface area contributed by atoms with Crippen LogP contribution in [-0.2, 0) is 33.0 Å². The van der Waals surface area contributed by atoms with Crippen LogP contribution in [0.2, 0.25) is 0 Å². The summed E-state index contributed by atoms with van der Waals surface area (Å²) >= 11 is 0. The molecule has 1 saturated heterocycles. The molecule has 0 atom stereocenters. The van der Waals surface area contributed by atoms with E-state index in [0.717, 1.165) is 55.6 Å². The summed E-state index contributed by atoms with van der Waals surface area (Å²) in [4.78, 5) is 26.5. The van der Waals surface area contributed by atoms with Gasteiger partial charge in [0.15, 0.2) is 0 Å². The molecule has 2 aromatic heterocycles. The van der Waals surface area contributed by atoms with Gasteiger partial charge in [0.2, 0.25) is 0 Å². The molecule has 0 bridgehead atoms. The Morgan fingerprint density at radius 1 is 1.20 bits per heavy atom. The van der Waals surface area contributed by atoms with E-state index in [2.05, 4.69) is 15.1 Å². The van der Waals surface area contributed by atoms with Crippen molar-refractivity contribution >= 4 is 0 Å². The van der Waals surface area contributed by atoms with Gasteiger partial charge < -0.3 is 0 Å². The third-order valence-electron chi connectivity index (χ3n) is 5.22. The molecule has 0 N–H and O–H groups in total. The molecule has 7 nitrogen and oxygen atoms in total. The quantitative estimate of drug-likeness (QED) is 0.802. The number of aromatic nitrogens is 4. The molecule has 2 aromatic rings. The number of rotatable bonds is 4. The fourth-order valence-corrected chi connectivity index (χ4v) is 3.81. The lowest BCUT2D eigenvalue weighted by Gasteiger charge is -2.39. The minimum Gasteiger partial charge on any atom is -0.298 e. The Bertz CT molecular complexity index is 895. The molecule has 7 heteroatoms. The van der Waals surface area contributed by atoms with E-state index in [-0.39, 0.29) is 11.1 Å². The standard InChI is InChI=1S/C18H23N5O2/c1-21-18(25)15(6-7-19-21)12-22-9-13(10-22)11-23-17(24)8-14-4-2-3-5-16(14)20-23/h6-8,13H,2-5,9-12H2,1H3. The first kappa shape index (κ1) is 16.2. The van der Waals surface area contributed by atoms with Gasteiger partial charge in [-0.2, -0.15) is 10.2 Å². The minimum absolute atomic E-state index is 0.0158. The van der Waals surface area contributed by atoms with E-state index in [0.29, 0.717) is 19.0 Å². The Morgan fingerprint density at radius 3 is 2.84 bits per heavy atom. The molecule has 0 radical (unpaired) electrons. The smallest absolute Gasteiger partial charge is 0.270 e. The molecule has 0 amide bonds. The summed E-state index contributed by atoms with van der Waals surface area (Å²) < 4.78 is 3.00. The van der Waals surface area contributed by atoms with Crippen molar-refractivity contribution in [3.05, 3.63) is 55.9 Å². The van der Waals surface area contributed by atoms with E-state index >= 15 is 0 Å². The molecule has 2 aliphatic rings. The second kappa shape index (κ2) is 6.55. The molecule has 0 saturated carbocycles. The van der Waals surface area contributed by atoms with Gasteiger partial charge in [-0.05, 0) is 37.3 Å². The second-order valence-corrected chi connectivity index (χ2v) is 7.19. The van der Waals surface area contributed by atoms with Crippen LogP contribution >= 0.6 is 0 Å². The lowest BCUT2D eigenvalue weighted by Crippen LogP contribution is -2.49. The van der Waals surface area contributed by atoms with Crippen LogP contribution in [0.1, 0.15) is 29.7 Å². The SMILES string of the molecule is Cn1nccc(CN2CC(Cn3nc4c(cc3=O)CCCC4)C2)c1=O. The fourth-order valence-electron chi connectivity index (χ4n) is 3.81. The number of hydrogen-bond donors (Lipinski definition) is 0. The maximum Gasteiger partial charge on any atom is 0.270 e. The van der Waals surface area contributed by atoms with Crippen molar-refractivity contribution in [3.63, 3.8) is 0 Å². The lowest BCUT2D eigenvalue weighted by atomic mass is 9.96. The highest BCUT2D eigenvalue weighted by molar-refractivity contribution is 5.20. The first-order valence-electron chi connectivity index (χ1n) is 8.93. The van der Waals surface area contributed by atoms with Crippen molar-refractivity contribution in [1.82, 2.24) is 24.5 Å². The van der Waals surface area contributed by atoms with Crippen LogP contribution in [0.4, 0.5) is 0 Å². The Hall–Kier alpha value is -2.28. The van der Waals surface area contributed by atoms with E-state index in [4.69, 9.17) is 0 Å². The van der Waals surface area contributed by atoms with E-state index in [1.54, 1.807) is 30.1 Å². The van der Waals surface area contributed by atoms with Crippen molar-refractivity contribution in [2.45, 2.75) is 38.8 Å². The van der Waals surface area contributed by atoms with Gasteiger partial charge in [-0.15, -0.1) is 0 Å². The summed E-state index contributed by atoms with van der Waals surface area (Å²) in [7, 11) is 1.67. The van der Waals surface area contributed by atoms with Gasteiger partial charge in [0.05, 0.1) is 12.2 Å². The second-order valence-electron chi connectivity index (χ2n) is 7.19. The Labute approximate surface area is 145 Å². The zero-order valence-corrected chi connectivity index (χ0v) is 14.5. The molecule has 25 heavy (non-hydrogen) atoms.